The van der Waals surface area contributed by atoms with Crippen molar-refractivity contribution in [1.82, 2.24) is 29.2 Å². The van der Waals surface area contributed by atoms with Gasteiger partial charge in [0.25, 0.3) is 16.5 Å². The number of aryl methyl sites for hydroxylation is 4. The summed E-state index contributed by atoms with van der Waals surface area (Å²) in [4.78, 5) is 21.5. The maximum absolute atomic E-state index is 13.2. The van der Waals surface area contributed by atoms with Crippen molar-refractivity contribution in [2.75, 3.05) is 0 Å². The number of fused-ring (bicyclic) bond motifs is 4. The number of hydrogen-bond donors (Lipinski definition) is 1. The van der Waals surface area contributed by atoms with E-state index in [-0.39, 0.29) is 170 Å². The summed E-state index contributed by atoms with van der Waals surface area (Å²) in [5, 5.41) is 15.6. The molecular weight excluding hydrogens is 913 g/mol. The quantitative estimate of drug-likeness (QED) is 0.0668. The first-order valence-electron chi connectivity index (χ1n) is 15.1. The maximum atomic E-state index is 13.2. The smallest absolute Gasteiger partial charge is 0.662 e. The average molecular weight is 939 g/mol. The Bertz CT molecular complexity index is 2370. The number of imidazole rings is 2. The molecule has 1 radical (unpaired) electrons. The Labute approximate surface area is 419 Å². The van der Waals surface area contributed by atoms with Gasteiger partial charge in [0.05, 0.1) is 33.6 Å². The Kier molecular flexibility index (Phi) is 19.1. The number of nitrogens with zero attached hydrogens (tertiary/aromatic N) is 5. The van der Waals surface area contributed by atoms with Crippen LogP contribution in [0.5, 0.6) is 23.0 Å². The predicted molar refractivity (Wildman–Crippen MR) is 187 cm³/mol. The Morgan fingerprint density at radius 1 is 0.842 bits per heavy atom. The van der Waals surface area contributed by atoms with Gasteiger partial charge in [0, 0.05) is 81.2 Å². The molecule has 8 rings (SSSR count). The molecule has 0 amide bonds. The Morgan fingerprint density at radius 2 is 1.32 bits per heavy atom. The van der Waals surface area contributed by atoms with Gasteiger partial charge in [-0.25, -0.2) is 22.4 Å². The molecular formula is C30H26Cl3F4K2N6O11S. The van der Waals surface area contributed by atoms with Crippen LogP contribution in [0.4, 0.5) is 17.6 Å². The van der Waals surface area contributed by atoms with Gasteiger partial charge in [0.1, 0.15) is 11.5 Å². The second kappa shape index (κ2) is 21.2. The van der Waals surface area contributed by atoms with Crippen LogP contribution in [0.3, 0.4) is 0 Å². The van der Waals surface area contributed by atoms with E-state index in [1.165, 1.54) is 26.0 Å². The standard InChI is InChI=1S/C13H8ClF2N3O5S.C8H3ClF2N2O2.C6H8ClNO.C2H6.CH2O3.2K/c1-5-11(6(2)24-18-5)25(20,21)19-8-4-10-9(22-13(15,16)23-10)3-7(8)17-12(19)14;9-7-12-3-1-5-6(2-4(3)13-7)15-8(10,11)14-5;1-4-6(3-7)5(2)9-8-4;1-2;2-1-4-3;;/h3-4H,1-2H3;1-2H,(H,12,13);3H2,1-2H3;1-2H3;1,3H;;/q;;;;;;+1/p-1. The molecule has 6 heterocycles. The first-order valence-corrected chi connectivity index (χ1v) is 17.8. The molecule has 0 saturated heterocycles. The van der Waals surface area contributed by atoms with Crippen LogP contribution in [-0.2, 0) is 25.6 Å². The fraction of sp³-hybridized carbons (Fsp3) is 0.300. The number of ether oxygens (including phenoxy) is 4. The van der Waals surface area contributed by atoms with Gasteiger partial charge in [-0.05, 0) is 50.9 Å². The largest absolute Gasteiger partial charge is 1.00 e. The van der Waals surface area contributed by atoms with E-state index in [2.05, 4.69) is 49.1 Å². The van der Waals surface area contributed by atoms with Crippen LogP contribution in [0.2, 0.25) is 10.6 Å². The van der Waals surface area contributed by atoms with Crippen molar-refractivity contribution in [3.63, 3.8) is 0 Å². The van der Waals surface area contributed by atoms with Gasteiger partial charge in [-0.1, -0.05) is 24.2 Å². The van der Waals surface area contributed by atoms with Crippen LogP contribution in [0.25, 0.3) is 22.1 Å². The van der Waals surface area contributed by atoms with E-state index >= 15 is 0 Å². The molecule has 17 nitrogen and oxygen atoms in total. The normalized spacial score (nSPS) is 13.6. The van der Waals surface area contributed by atoms with Gasteiger partial charge < -0.3 is 43.1 Å². The number of aromatic amines is 1. The second-order valence-electron chi connectivity index (χ2n) is 10.4. The molecule has 0 bridgehead atoms. The van der Waals surface area contributed by atoms with E-state index in [0.29, 0.717) is 20.9 Å². The van der Waals surface area contributed by atoms with Gasteiger partial charge in [-0.2, -0.15) is 0 Å². The molecule has 6 aromatic rings. The molecule has 2 aliphatic rings. The number of alkyl halides is 5. The summed E-state index contributed by atoms with van der Waals surface area (Å²) in [5.41, 5.74) is 2.98. The van der Waals surface area contributed by atoms with Crippen LogP contribution in [0, 0.1) is 27.7 Å². The van der Waals surface area contributed by atoms with Crippen molar-refractivity contribution < 1.29 is 120 Å². The number of aromatic nitrogens is 6. The third kappa shape index (κ3) is 12.0. The minimum atomic E-state index is -4.23. The van der Waals surface area contributed by atoms with Gasteiger partial charge >= 0.3 is 64.0 Å². The van der Waals surface area contributed by atoms with E-state index in [4.69, 9.17) is 53.9 Å². The molecule has 0 aliphatic carbocycles. The number of hydrogen-bond acceptors (Lipinski definition) is 15. The van der Waals surface area contributed by atoms with Gasteiger partial charge in [-0.15, -0.1) is 29.2 Å². The first-order chi connectivity index (χ1) is 25.8. The topological polar surface area (TPSA) is 219 Å². The summed E-state index contributed by atoms with van der Waals surface area (Å²) >= 11 is 17.2. The minimum absolute atomic E-state index is 0. The molecule has 299 valence electrons. The maximum Gasteiger partial charge on any atom is 1.00 e. The zero-order valence-electron chi connectivity index (χ0n) is 30.9. The van der Waals surface area contributed by atoms with Crippen molar-refractivity contribution in [2.45, 2.75) is 64.9 Å². The van der Waals surface area contributed by atoms with Crippen LogP contribution >= 0.6 is 34.8 Å². The van der Waals surface area contributed by atoms with E-state index < -0.39 is 22.6 Å². The summed E-state index contributed by atoms with van der Waals surface area (Å²) in [6.07, 6.45) is -7.44. The van der Waals surface area contributed by atoms with Crippen LogP contribution in [0.1, 0.15) is 42.3 Å². The number of halogens is 7. The summed E-state index contributed by atoms with van der Waals surface area (Å²) in [5.74, 6) is 0.688. The van der Waals surface area contributed by atoms with Crippen molar-refractivity contribution in [3.05, 3.63) is 63.3 Å². The third-order valence-corrected chi connectivity index (χ3v) is 9.64. The molecule has 0 saturated carbocycles. The van der Waals surface area contributed by atoms with Gasteiger partial charge in [0.2, 0.25) is 10.6 Å². The minimum Gasteiger partial charge on any atom is -0.662 e. The molecule has 0 fully saturated rings. The summed E-state index contributed by atoms with van der Waals surface area (Å²) in [6, 6.07) is 4.90. The predicted octanol–water partition coefficient (Wildman–Crippen LogP) is 3.51. The SMILES string of the molecule is CC.Cc1noc(C)c1CCl.Cc1noc(C)c1S(=O)(=O)n1c(Cl)nc2cc3c(cc21)OC(F)(F)O3.FC1(F)Oc2cc3nc(Cl)[nH]c3cc2O1.O=CO[O-].[K+].[K]. The molecule has 2 aliphatic heterocycles. The fourth-order valence-corrected chi connectivity index (χ4v) is 7.42. The molecule has 2 aromatic carbocycles. The summed E-state index contributed by atoms with van der Waals surface area (Å²) in [6.45, 7) is 10.4. The number of benzene rings is 2. The number of H-pyrrole nitrogens is 1. The van der Waals surface area contributed by atoms with Crippen molar-refractivity contribution in [2.24, 2.45) is 0 Å². The molecule has 1 N–H and O–H groups in total. The molecule has 0 atom stereocenters. The second-order valence-corrected chi connectivity index (χ2v) is 13.1. The van der Waals surface area contributed by atoms with Crippen LogP contribution in [0.15, 0.2) is 38.2 Å². The van der Waals surface area contributed by atoms with Gasteiger partial charge in [0.15, 0.2) is 33.7 Å². The van der Waals surface area contributed by atoms with E-state index in [1.807, 2.05) is 27.7 Å². The number of carbonyl (C=O) groups is 1. The number of carbonyl (C=O) groups excluding carboxylic acids is 1. The van der Waals surface area contributed by atoms with Crippen molar-refractivity contribution in [3.8, 4) is 23.0 Å². The third-order valence-electron chi connectivity index (χ3n) is 6.89. The Hall–Kier alpha value is -1.76. The molecule has 0 unspecified atom stereocenters. The zero-order valence-corrected chi connectivity index (χ0v) is 40.2. The Morgan fingerprint density at radius 3 is 1.75 bits per heavy atom. The first kappa shape index (κ1) is 51.4. The number of nitrogens with one attached hydrogen (secondary N) is 1. The average Bonchev–Trinajstić information content (AvgIpc) is 3.93. The molecule has 4 aromatic heterocycles. The van der Waals surface area contributed by atoms with E-state index in [0.717, 1.165) is 29.2 Å². The van der Waals surface area contributed by atoms with Gasteiger partial charge in [-0.3, -0.25) is 4.79 Å². The molecule has 0 spiro atoms. The monoisotopic (exact) mass is 937 g/mol. The Balaban J connectivity index is 0.000000298. The number of rotatable bonds is 4. The summed E-state index contributed by atoms with van der Waals surface area (Å²) < 4.78 is 105. The molecule has 27 heteroatoms. The van der Waals surface area contributed by atoms with Crippen LogP contribution in [-0.4, -0.2) is 108 Å². The molecule has 57 heavy (non-hydrogen) atoms. The van der Waals surface area contributed by atoms with Crippen LogP contribution < -0.4 is 75.6 Å². The van der Waals surface area contributed by atoms with Crippen molar-refractivity contribution >= 4 is 125 Å². The summed E-state index contributed by atoms with van der Waals surface area (Å²) in [7, 11) is -4.23. The zero-order chi connectivity index (χ0) is 41.0. The fourth-order valence-electron chi connectivity index (χ4n) is 4.75. The van der Waals surface area contributed by atoms with E-state index in [9.17, 15) is 26.0 Å². The van der Waals surface area contributed by atoms with Crippen molar-refractivity contribution in [1.29, 1.82) is 0 Å². The van der Waals surface area contributed by atoms with E-state index in [1.54, 1.807) is 0 Å².